The average molecular weight is 517 g/mol. The molecule has 0 radical (unpaired) electrons. The van der Waals surface area contributed by atoms with Crippen LogP contribution in [0.15, 0.2) is 47.7 Å². The van der Waals surface area contributed by atoms with Crippen molar-refractivity contribution in [3.05, 3.63) is 47.7 Å². The van der Waals surface area contributed by atoms with Gasteiger partial charge in [-0.3, -0.25) is 0 Å². The molecule has 0 saturated heterocycles. The quantitative estimate of drug-likeness (QED) is 0.189. The number of aliphatic hydroxyl groups is 2. The third-order valence-electron chi connectivity index (χ3n) is 4.30. The number of rotatable bonds is 19. The Labute approximate surface area is 216 Å². The van der Waals surface area contributed by atoms with E-state index in [0.717, 1.165) is 17.2 Å². The van der Waals surface area contributed by atoms with Crippen LogP contribution < -0.4 is 10.6 Å². The molecule has 10 nitrogen and oxygen atoms in total. The fourth-order valence-electron chi connectivity index (χ4n) is 2.82. The van der Waals surface area contributed by atoms with Crippen LogP contribution in [-0.2, 0) is 28.4 Å². The van der Waals surface area contributed by atoms with Gasteiger partial charge in [0.25, 0.3) is 0 Å². The maximum absolute atomic E-state index is 8.63. The summed E-state index contributed by atoms with van der Waals surface area (Å²) in [7, 11) is 0. The predicted octanol–water partition coefficient (Wildman–Crippen LogP) is 1.86. The maximum Gasteiger partial charge on any atom is 0.119 e. The van der Waals surface area contributed by atoms with Gasteiger partial charge in [0.2, 0.25) is 0 Å². The van der Waals surface area contributed by atoms with Gasteiger partial charge in [-0.15, -0.1) is 0 Å². The van der Waals surface area contributed by atoms with E-state index in [4.69, 9.17) is 38.6 Å². The molecule has 0 aliphatic carbocycles. The van der Waals surface area contributed by atoms with E-state index in [9.17, 15) is 0 Å². The van der Waals surface area contributed by atoms with Gasteiger partial charge in [-0.05, 0) is 18.2 Å². The number of hydrogen-bond donors (Lipinski definition) is 4. The van der Waals surface area contributed by atoms with E-state index in [1.807, 2.05) is 58.2 Å². The summed E-state index contributed by atoms with van der Waals surface area (Å²) in [6, 6.07) is -0.0463. The first-order chi connectivity index (χ1) is 17.8. The van der Waals surface area contributed by atoms with E-state index in [1.54, 1.807) is 0 Å². The lowest BCUT2D eigenvalue weighted by Crippen LogP contribution is -2.35. The molecule has 0 saturated carbocycles. The first-order valence-corrected chi connectivity index (χ1v) is 12.9. The number of nitrogens with one attached hydrogen (secondary N) is 2. The normalized spacial score (nSPS) is 16.1. The zero-order valence-electron chi connectivity index (χ0n) is 22.5. The van der Waals surface area contributed by atoms with Crippen molar-refractivity contribution in [3.63, 3.8) is 0 Å². The van der Waals surface area contributed by atoms with E-state index in [1.165, 1.54) is 0 Å². The highest BCUT2D eigenvalue weighted by Gasteiger charge is 2.17. The van der Waals surface area contributed by atoms with Crippen molar-refractivity contribution in [3.8, 4) is 0 Å². The summed E-state index contributed by atoms with van der Waals surface area (Å²) in [6.07, 6.45) is 9.68. The van der Waals surface area contributed by atoms with Crippen LogP contribution in [0, 0.1) is 0 Å². The lowest BCUT2D eigenvalue weighted by molar-refractivity contribution is 0.0183. The van der Waals surface area contributed by atoms with Gasteiger partial charge in [-0.1, -0.05) is 27.7 Å². The molecule has 10 heteroatoms. The molecule has 2 aliphatic heterocycles. The van der Waals surface area contributed by atoms with Crippen LogP contribution in [0.2, 0.25) is 0 Å². The minimum atomic E-state index is -0.0463. The highest BCUT2D eigenvalue weighted by molar-refractivity contribution is 5.33. The van der Waals surface area contributed by atoms with E-state index in [2.05, 4.69) is 10.6 Å². The fraction of sp³-hybridized carbons (Fsp3) is 0.692. The van der Waals surface area contributed by atoms with E-state index < -0.39 is 0 Å². The SMILES string of the molecule is CC.CC.OCCOCCOCCOC1=CCNC(C2C=C(OCCOCCOCCO)C=CN2)=C1. The maximum atomic E-state index is 8.63. The lowest BCUT2D eigenvalue weighted by atomic mass is 10.1. The second-order valence-corrected chi connectivity index (χ2v) is 6.73. The van der Waals surface area contributed by atoms with Gasteiger partial charge in [0.1, 0.15) is 24.7 Å². The molecular formula is C26H48N2O8. The molecule has 4 N–H and O–H groups in total. The van der Waals surface area contributed by atoms with E-state index in [0.29, 0.717) is 72.6 Å². The molecule has 1 atom stereocenters. The Hall–Kier alpha value is -2.08. The van der Waals surface area contributed by atoms with Crippen molar-refractivity contribution in [1.82, 2.24) is 10.6 Å². The predicted molar refractivity (Wildman–Crippen MR) is 140 cm³/mol. The van der Waals surface area contributed by atoms with Crippen molar-refractivity contribution in [2.75, 3.05) is 85.8 Å². The second kappa shape index (κ2) is 26.0. The molecule has 0 amide bonds. The fourth-order valence-corrected chi connectivity index (χ4v) is 2.82. The lowest BCUT2D eigenvalue weighted by Gasteiger charge is -2.25. The van der Waals surface area contributed by atoms with Gasteiger partial charge in [0, 0.05) is 24.5 Å². The first-order valence-electron chi connectivity index (χ1n) is 12.9. The molecule has 0 aromatic heterocycles. The highest BCUT2D eigenvalue weighted by atomic mass is 16.6. The molecule has 0 bridgehead atoms. The van der Waals surface area contributed by atoms with Crippen LogP contribution in [0.4, 0.5) is 0 Å². The van der Waals surface area contributed by atoms with Crippen LogP contribution in [0.5, 0.6) is 0 Å². The molecule has 2 aliphatic rings. The monoisotopic (exact) mass is 516 g/mol. The van der Waals surface area contributed by atoms with Gasteiger partial charge < -0.3 is 49.3 Å². The minimum absolute atomic E-state index is 0.0183. The highest BCUT2D eigenvalue weighted by Crippen LogP contribution is 2.16. The largest absolute Gasteiger partial charge is 0.491 e. The van der Waals surface area contributed by atoms with Gasteiger partial charge in [0.05, 0.1) is 72.1 Å². The third-order valence-corrected chi connectivity index (χ3v) is 4.30. The summed E-state index contributed by atoms with van der Waals surface area (Å²) in [5.74, 6) is 1.56. The Kier molecular flexibility index (Phi) is 24.5. The Morgan fingerprint density at radius 3 is 1.78 bits per heavy atom. The van der Waals surface area contributed by atoms with Crippen molar-refractivity contribution >= 4 is 0 Å². The van der Waals surface area contributed by atoms with E-state index in [-0.39, 0.29) is 19.3 Å². The molecule has 210 valence electrons. The van der Waals surface area contributed by atoms with Crippen molar-refractivity contribution in [1.29, 1.82) is 0 Å². The summed E-state index contributed by atoms with van der Waals surface area (Å²) in [4.78, 5) is 0. The van der Waals surface area contributed by atoms with Crippen LogP contribution in [0.25, 0.3) is 0 Å². The summed E-state index contributed by atoms with van der Waals surface area (Å²) in [5.41, 5.74) is 0.989. The Morgan fingerprint density at radius 1 is 0.722 bits per heavy atom. The van der Waals surface area contributed by atoms with Crippen LogP contribution in [-0.4, -0.2) is 102 Å². The Balaban J connectivity index is 0.00000291. The van der Waals surface area contributed by atoms with Crippen molar-refractivity contribution in [2.24, 2.45) is 0 Å². The third kappa shape index (κ3) is 17.4. The number of hydrogen-bond acceptors (Lipinski definition) is 10. The summed E-state index contributed by atoms with van der Waals surface area (Å²) >= 11 is 0. The number of aliphatic hydroxyl groups excluding tert-OH is 2. The molecule has 0 aromatic carbocycles. The molecule has 36 heavy (non-hydrogen) atoms. The molecule has 1 unspecified atom stereocenters. The second-order valence-electron chi connectivity index (χ2n) is 6.73. The summed E-state index contributed by atoms with van der Waals surface area (Å²) < 4.78 is 32.7. The number of ether oxygens (including phenoxy) is 6. The van der Waals surface area contributed by atoms with Crippen molar-refractivity contribution in [2.45, 2.75) is 33.7 Å². The Morgan fingerprint density at radius 2 is 1.22 bits per heavy atom. The van der Waals surface area contributed by atoms with Gasteiger partial charge in [-0.2, -0.15) is 0 Å². The van der Waals surface area contributed by atoms with E-state index >= 15 is 0 Å². The standard InChI is InChI=1S/C22H36N2O8.2C2H6/c25-5-7-27-9-11-29-13-15-31-19-1-3-23-21(17-19)22-18-20(2-4-24-22)32-16-14-30-12-10-28-8-6-26;2*1-2/h1-3,17-18,21,23-26H,4-16H2;2*1-2H3. The topological polar surface area (TPSA) is 120 Å². The molecule has 2 heterocycles. The first kappa shape index (κ1) is 33.9. The van der Waals surface area contributed by atoms with Gasteiger partial charge >= 0.3 is 0 Å². The van der Waals surface area contributed by atoms with Crippen LogP contribution >= 0.6 is 0 Å². The Bertz CT molecular complexity index is 623. The molecule has 0 fully saturated rings. The summed E-state index contributed by atoms with van der Waals surface area (Å²) in [6.45, 7) is 13.0. The minimum Gasteiger partial charge on any atom is -0.491 e. The van der Waals surface area contributed by atoms with Crippen LogP contribution in [0.3, 0.4) is 0 Å². The summed E-state index contributed by atoms with van der Waals surface area (Å²) in [5, 5.41) is 23.9. The van der Waals surface area contributed by atoms with Gasteiger partial charge in [0.15, 0.2) is 0 Å². The molecule has 0 spiro atoms. The molecule has 2 rings (SSSR count). The molecule has 0 aromatic rings. The van der Waals surface area contributed by atoms with Gasteiger partial charge in [-0.25, -0.2) is 0 Å². The average Bonchev–Trinajstić information content (AvgIpc) is 2.94. The smallest absolute Gasteiger partial charge is 0.119 e. The van der Waals surface area contributed by atoms with Crippen molar-refractivity contribution < 1.29 is 38.6 Å². The van der Waals surface area contributed by atoms with Crippen LogP contribution in [0.1, 0.15) is 27.7 Å². The molecular weight excluding hydrogens is 468 g/mol. The zero-order chi connectivity index (χ0) is 26.7. The number of allylic oxidation sites excluding steroid dienone is 2. The zero-order valence-corrected chi connectivity index (χ0v) is 22.5. The number of dihydropyridines is 2.